The molecule has 0 radical (unpaired) electrons. The Labute approximate surface area is 172 Å². The summed E-state index contributed by atoms with van der Waals surface area (Å²) in [5.41, 5.74) is -3.16. The van der Waals surface area contributed by atoms with Crippen LogP contribution in [0.15, 0.2) is 24.4 Å². The molecule has 1 saturated heterocycles. The summed E-state index contributed by atoms with van der Waals surface area (Å²) in [7, 11) is 0.311. The molecule has 0 spiro atoms. The van der Waals surface area contributed by atoms with Crippen molar-refractivity contribution in [1.82, 2.24) is 10.3 Å². The van der Waals surface area contributed by atoms with Crippen LogP contribution in [0.5, 0.6) is 0 Å². The molecular formula is C20H22BF4N3O2. The molecule has 1 aliphatic rings. The van der Waals surface area contributed by atoms with Gasteiger partial charge in [-0.15, -0.1) is 0 Å². The minimum Gasteiger partial charge on any atom is -0.399 e. The van der Waals surface area contributed by atoms with Crippen LogP contribution in [0.4, 0.5) is 17.6 Å². The van der Waals surface area contributed by atoms with Gasteiger partial charge in [0.1, 0.15) is 5.82 Å². The highest BCUT2D eigenvalue weighted by Crippen LogP contribution is 2.39. The van der Waals surface area contributed by atoms with E-state index in [4.69, 9.17) is 14.7 Å². The summed E-state index contributed by atoms with van der Waals surface area (Å²) in [5.74, 6) is -0.748. The smallest absolute Gasteiger partial charge is 0.399 e. The summed E-state index contributed by atoms with van der Waals surface area (Å²) < 4.78 is 68.1. The summed E-state index contributed by atoms with van der Waals surface area (Å²) in [5, 5.41) is 10.0. The van der Waals surface area contributed by atoms with Gasteiger partial charge in [-0.3, -0.25) is 0 Å². The van der Waals surface area contributed by atoms with Crippen LogP contribution >= 0.6 is 0 Å². The van der Waals surface area contributed by atoms with Crippen LogP contribution in [0.1, 0.15) is 39.0 Å². The zero-order valence-electron chi connectivity index (χ0n) is 17.2. The number of hydrogen-bond acceptors (Lipinski definition) is 5. The first-order valence-corrected chi connectivity index (χ1v) is 9.26. The molecule has 160 valence electrons. The molecule has 1 fully saturated rings. The number of nitrogens with zero attached hydrogens (tertiary/aromatic N) is 1. The minimum atomic E-state index is -4.77. The Kier molecular flexibility index (Phi) is 5.45. The van der Waals surface area contributed by atoms with Gasteiger partial charge in [0.05, 0.1) is 28.0 Å². The third-order valence-corrected chi connectivity index (χ3v) is 5.51. The second kappa shape index (κ2) is 7.35. The van der Waals surface area contributed by atoms with Crippen LogP contribution in [-0.2, 0) is 15.5 Å². The van der Waals surface area contributed by atoms with Gasteiger partial charge in [0.25, 0.3) is 0 Å². The van der Waals surface area contributed by atoms with Gasteiger partial charge in [-0.2, -0.15) is 13.2 Å². The van der Waals surface area contributed by atoms with Gasteiger partial charge in [-0.25, -0.2) is 9.37 Å². The molecule has 1 aromatic heterocycles. The molecule has 1 aliphatic heterocycles. The normalized spacial score (nSPS) is 18.7. The number of allylic oxidation sites excluding steroid dienone is 1. The van der Waals surface area contributed by atoms with E-state index in [1.54, 1.807) is 27.7 Å². The van der Waals surface area contributed by atoms with Crippen LogP contribution in [0.2, 0.25) is 0 Å². The number of fused-ring (bicyclic) bond motifs is 1. The van der Waals surface area contributed by atoms with Crippen LogP contribution in [0.25, 0.3) is 16.5 Å². The van der Waals surface area contributed by atoms with Crippen LogP contribution in [-0.4, -0.2) is 36.6 Å². The van der Waals surface area contributed by atoms with Gasteiger partial charge < -0.3 is 20.0 Å². The fourth-order valence-electron chi connectivity index (χ4n) is 3.21. The van der Waals surface area contributed by atoms with Crippen LogP contribution in [0.3, 0.4) is 0 Å². The number of hydrogen-bond donors (Lipinski definition) is 2. The van der Waals surface area contributed by atoms with E-state index in [1.165, 1.54) is 19.3 Å². The Morgan fingerprint density at radius 3 is 2.27 bits per heavy atom. The molecule has 0 atom stereocenters. The largest absolute Gasteiger partial charge is 0.498 e. The summed E-state index contributed by atoms with van der Waals surface area (Å²) in [6.07, 6.45) is -2.75. The number of pyridine rings is 1. The number of halogens is 4. The first-order chi connectivity index (χ1) is 13.8. The lowest BCUT2D eigenvalue weighted by Gasteiger charge is -2.32. The summed E-state index contributed by atoms with van der Waals surface area (Å²) in [6, 6.07) is 3.26. The summed E-state index contributed by atoms with van der Waals surface area (Å²) >= 11 is 0. The molecule has 10 heteroatoms. The Morgan fingerprint density at radius 1 is 1.17 bits per heavy atom. The van der Waals surface area contributed by atoms with Crippen molar-refractivity contribution in [2.45, 2.75) is 45.1 Å². The van der Waals surface area contributed by atoms with E-state index < -0.39 is 41.6 Å². The highest BCUT2D eigenvalue weighted by molar-refractivity contribution is 6.65. The van der Waals surface area contributed by atoms with Gasteiger partial charge in [-0.05, 0) is 45.9 Å². The lowest BCUT2D eigenvalue weighted by Crippen LogP contribution is -2.41. The third-order valence-electron chi connectivity index (χ3n) is 5.51. The number of alkyl halides is 3. The zero-order chi connectivity index (χ0) is 22.5. The molecule has 0 bridgehead atoms. The molecule has 2 N–H and O–H groups in total. The number of nitrogens with one attached hydrogen (secondary N) is 2. The Balaban J connectivity index is 2.30. The molecule has 0 aliphatic carbocycles. The molecule has 1 aromatic carbocycles. The van der Waals surface area contributed by atoms with E-state index in [2.05, 4.69) is 10.3 Å². The first kappa shape index (κ1) is 22.2. The summed E-state index contributed by atoms with van der Waals surface area (Å²) in [4.78, 5) is 4.12. The van der Waals surface area contributed by atoms with E-state index in [-0.39, 0.29) is 21.9 Å². The molecule has 5 nitrogen and oxygen atoms in total. The monoisotopic (exact) mass is 423 g/mol. The highest BCUT2D eigenvalue weighted by Gasteiger charge is 2.53. The maximum Gasteiger partial charge on any atom is 0.498 e. The number of aromatic nitrogens is 1. The molecule has 2 aromatic rings. The van der Waals surface area contributed by atoms with E-state index in [0.717, 1.165) is 18.3 Å². The maximum absolute atomic E-state index is 14.8. The number of rotatable bonds is 4. The molecule has 30 heavy (non-hydrogen) atoms. The highest BCUT2D eigenvalue weighted by atomic mass is 19.4. The van der Waals surface area contributed by atoms with Gasteiger partial charge in [0.2, 0.25) is 0 Å². The minimum absolute atomic E-state index is 0.0571. The van der Waals surface area contributed by atoms with Crippen molar-refractivity contribution < 1.29 is 26.9 Å². The average Bonchev–Trinajstić information content (AvgIpc) is 2.84. The van der Waals surface area contributed by atoms with Gasteiger partial charge in [0, 0.05) is 35.9 Å². The van der Waals surface area contributed by atoms with E-state index in [0.29, 0.717) is 0 Å². The molecule has 3 rings (SSSR count). The Hall–Kier alpha value is -2.46. The topological polar surface area (TPSA) is 67.2 Å². The lowest BCUT2D eigenvalue weighted by atomic mass is 9.76. The van der Waals surface area contributed by atoms with Crippen molar-refractivity contribution in [2.24, 2.45) is 0 Å². The molecule has 0 saturated carbocycles. The van der Waals surface area contributed by atoms with Crippen molar-refractivity contribution in [1.29, 1.82) is 5.41 Å². The summed E-state index contributed by atoms with van der Waals surface area (Å²) in [6.45, 7) is 7.08. The predicted molar refractivity (Wildman–Crippen MR) is 108 cm³/mol. The molecule has 0 amide bonds. The zero-order valence-corrected chi connectivity index (χ0v) is 17.2. The second-order valence-electron chi connectivity index (χ2n) is 8.03. The van der Waals surface area contributed by atoms with E-state index in [9.17, 15) is 17.6 Å². The second-order valence-corrected chi connectivity index (χ2v) is 8.03. The molecule has 2 heterocycles. The van der Waals surface area contributed by atoms with E-state index >= 15 is 0 Å². The third kappa shape index (κ3) is 3.69. The fourth-order valence-corrected chi connectivity index (χ4v) is 3.21. The van der Waals surface area contributed by atoms with Crippen LogP contribution < -0.4 is 10.8 Å². The van der Waals surface area contributed by atoms with Crippen molar-refractivity contribution >= 4 is 35.3 Å². The molecule has 0 unspecified atom stereocenters. The maximum atomic E-state index is 14.8. The fraction of sp³-hybridized carbons (Fsp3) is 0.400. The van der Waals surface area contributed by atoms with Gasteiger partial charge in [0.15, 0.2) is 0 Å². The molecular weight excluding hydrogens is 401 g/mol. The van der Waals surface area contributed by atoms with Crippen molar-refractivity contribution in [3.05, 3.63) is 41.5 Å². The van der Waals surface area contributed by atoms with Gasteiger partial charge in [-0.1, -0.05) is 0 Å². The van der Waals surface area contributed by atoms with Crippen molar-refractivity contribution in [3.8, 4) is 0 Å². The van der Waals surface area contributed by atoms with Crippen LogP contribution in [0, 0.1) is 11.2 Å². The Morgan fingerprint density at radius 2 is 1.77 bits per heavy atom. The van der Waals surface area contributed by atoms with Gasteiger partial charge >= 0.3 is 13.3 Å². The van der Waals surface area contributed by atoms with E-state index in [1.807, 2.05) is 0 Å². The first-order valence-electron chi connectivity index (χ1n) is 9.26. The lowest BCUT2D eigenvalue weighted by molar-refractivity contribution is -0.137. The average molecular weight is 423 g/mol. The Bertz CT molecular complexity index is 1020. The quantitative estimate of drug-likeness (QED) is 0.445. The van der Waals surface area contributed by atoms with Crippen molar-refractivity contribution in [3.63, 3.8) is 0 Å². The SMILES string of the molecule is CN/C=C(\C=N)c1nc2ccc(F)c(B3OC(C)(C)C(C)(C)O3)c2cc1C(F)(F)F. The van der Waals surface area contributed by atoms with Crippen molar-refractivity contribution in [2.75, 3.05) is 7.05 Å². The standard InChI is InChI=1S/C20H22BF4N3O2/c1-18(2)19(3,4)30-21(29-18)16-12-8-13(20(23,24)25)17(11(9-26)10-27-5)28-15(12)7-6-14(16)22/h6-10,26-27H,1-5H3/b11-10+,26-9?. The number of benzene rings is 1. The predicted octanol–water partition coefficient (Wildman–Crippen LogP) is 3.90.